The van der Waals surface area contributed by atoms with Gasteiger partial charge in [-0.25, -0.2) is 4.79 Å². The van der Waals surface area contributed by atoms with E-state index in [0.717, 1.165) is 16.3 Å². The number of benzene rings is 3. The molecule has 172 valence electrons. The minimum absolute atomic E-state index is 0.0292. The van der Waals surface area contributed by atoms with Gasteiger partial charge in [0.1, 0.15) is 5.75 Å². The molecule has 0 aromatic heterocycles. The molecular weight excluding hydrogens is 436 g/mol. The quantitative estimate of drug-likeness (QED) is 0.373. The van der Waals surface area contributed by atoms with Gasteiger partial charge >= 0.3 is 11.9 Å². The topological polar surface area (TPSA) is 124 Å². The molecule has 1 aliphatic heterocycles. The van der Waals surface area contributed by atoms with Gasteiger partial charge in [-0.2, -0.15) is 5.10 Å². The van der Waals surface area contributed by atoms with Crippen molar-refractivity contribution < 1.29 is 24.6 Å². The Hall–Kier alpha value is -4.66. The van der Waals surface area contributed by atoms with Crippen molar-refractivity contribution in [2.75, 3.05) is 5.43 Å². The lowest BCUT2D eigenvalue weighted by Crippen LogP contribution is -2.30. The lowest BCUT2D eigenvalue weighted by molar-refractivity contribution is -0.147. The number of hydroxylamine groups is 1. The van der Waals surface area contributed by atoms with Crippen molar-refractivity contribution in [2.24, 2.45) is 10.2 Å². The number of para-hydroxylation sites is 1. The number of phenols is 1. The average Bonchev–Trinajstić information content (AvgIpc) is 3.08. The van der Waals surface area contributed by atoms with E-state index in [1.807, 2.05) is 26.0 Å². The minimum Gasteiger partial charge on any atom is -0.505 e. The van der Waals surface area contributed by atoms with Crippen LogP contribution in [0.2, 0.25) is 0 Å². The van der Waals surface area contributed by atoms with E-state index >= 15 is 0 Å². The fourth-order valence-corrected chi connectivity index (χ4v) is 3.34. The number of nitrogens with one attached hydrogen (secondary N) is 1. The molecule has 3 aromatic rings. The standard InChI is InChI=1S/C25H22N4O5/c1-14-10-11-19(12-15(14)2)34-29-24(31)22(16(3)28-29)27-26-21-9-5-8-20(23(21)30)17-6-4-7-18(13-17)25(32)33/h4-13,26,30H,1-3H3,(H,32,33)/b27-22+. The number of hydrazone groups is 2. The second-order valence-corrected chi connectivity index (χ2v) is 7.76. The maximum atomic E-state index is 12.8. The normalized spacial score (nSPS) is 14.3. The highest BCUT2D eigenvalue weighted by Gasteiger charge is 2.32. The molecule has 0 aliphatic carbocycles. The summed E-state index contributed by atoms with van der Waals surface area (Å²) in [5.41, 5.74) is 6.46. The maximum absolute atomic E-state index is 12.8. The number of aromatic carboxylic acids is 1. The van der Waals surface area contributed by atoms with Gasteiger partial charge in [0.25, 0.3) is 0 Å². The second-order valence-electron chi connectivity index (χ2n) is 7.76. The lowest BCUT2D eigenvalue weighted by Gasteiger charge is -2.13. The summed E-state index contributed by atoms with van der Waals surface area (Å²) < 4.78 is 0. The third-order valence-electron chi connectivity index (χ3n) is 5.37. The number of amides is 1. The molecule has 4 rings (SSSR count). The molecule has 0 fully saturated rings. The molecule has 0 saturated carbocycles. The van der Waals surface area contributed by atoms with Crippen molar-refractivity contribution in [3.8, 4) is 22.6 Å². The van der Waals surface area contributed by atoms with Crippen LogP contribution in [0.15, 0.2) is 70.9 Å². The van der Waals surface area contributed by atoms with E-state index < -0.39 is 11.9 Å². The Morgan fingerprint density at radius 1 is 1.03 bits per heavy atom. The van der Waals surface area contributed by atoms with Gasteiger partial charge in [0.15, 0.2) is 11.5 Å². The summed E-state index contributed by atoms with van der Waals surface area (Å²) in [4.78, 5) is 29.6. The monoisotopic (exact) mass is 458 g/mol. The number of anilines is 1. The Kier molecular flexibility index (Phi) is 6.01. The van der Waals surface area contributed by atoms with Crippen molar-refractivity contribution in [1.82, 2.24) is 5.17 Å². The zero-order valence-electron chi connectivity index (χ0n) is 18.7. The zero-order valence-corrected chi connectivity index (χ0v) is 18.7. The predicted octanol–water partition coefficient (Wildman–Crippen LogP) is 4.35. The number of carbonyl (C=O) groups is 2. The van der Waals surface area contributed by atoms with E-state index in [-0.39, 0.29) is 22.7 Å². The first-order valence-electron chi connectivity index (χ1n) is 10.4. The first kappa shape index (κ1) is 22.5. The molecular formula is C25H22N4O5. The van der Waals surface area contributed by atoms with Crippen molar-refractivity contribution in [3.05, 3.63) is 77.4 Å². The number of carboxylic acid groups (broad SMARTS) is 1. The van der Waals surface area contributed by atoms with Crippen LogP contribution in [0.3, 0.4) is 0 Å². The van der Waals surface area contributed by atoms with E-state index in [4.69, 9.17) is 4.84 Å². The van der Waals surface area contributed by atoms with Gasteiger partial charge in [-0.1, -0.05) is 30.3 Å². The highest BCUT2D eigenvalue weighted by atomic mass is 16.7. The van der Waals surface area contributed by atoms with Crippen molar-refractivity contribution in [1.29, 1.82) is 0 Å². The third-order valence-corrected chi connectivity index (χ3v) is 5.37. The van der Waals surface area contributed by atoms with Gasteiger partial charge in [0.05, 0.1) is 17.0 Å². The third kappa shape index (κ3) is 4.44. The minimum atomic E-state index is -1.07. The molecule has 0 spiro atoms. The number of nitrogens with zero attached hydrogens (tertiary/aromatic N) is 3. The summed E-state index contributed by atoms with van der Waals surface area (Å²) >= 11 is 0. The SMILES string of the molecule is CC1=NN(Oc2ccc(C)c(C)c2)C(=O)/C1=N/Nc1cccc(-c2cccc(C(=O)O)c2)c1O. The molecule has 0 saturated heterocycles. The van der Waals surface area contributed by atoms with Gasteiger partial charge in [-0.15, -0.1) is 5.10 Å². The molecule has 0 atom stereocenters. The van der Waals surface area contributed by atoms with Crippen LogP contribution < -0.4 is 10.3 Å². The number of hydrogen-bond acceptors (Lipinski definition) is 7. The Labute approximate surface area is 195 Å². The summed E-state index contributed by atoms with van der Waals surface area (Å²) in [5.74, 6) is -1.30. The van der Waals surface area contributed by atoms with E-state index in [9.17, 15) is 19.8 Å². The summed E-state index contributed by atoms with van der Waals surface area (Å²) in [6.45, 7) is 5.54. The van der Waals surface area contributed by atoms with Crippen molar-refractivity contribution in [3.63, 3.8) is 0 Å². The van der Waals surface area contributed by atoms with E-state index in [2.05, 4.69) is 15.6 Å². The molecule has 3 aromatic carbocycles. The molecule has 34 heavy (non-hydrogen) atoms. The van der Waals surface area contributed by atoms with E-state index in [1.165, 1.54) is 12.1 Å². The molecule has 0 radical (unpaired) electrons. The van der Waals surface area contributed by atoms with Crippen LogP contribution >= 0.6 is 0 Å². The summed E-state index contributed by atoms with van der Waals surface area (Å²) in [7, 11) is 0. The summed E-state index contributed by atoms with van der Waals surface area (Å²) in [5, 5.41) is 29.1. The molecule has 3 N–H and O–H groups in total. The molecule has 0 unspecified atom stereocenters. The smallest absolute Gasteiger partial charge is 0.335 e. The van der Waals surface area contributed by atoms with Crippen LogP contribution in [0.4, 0.5) is 5.69 Å². The Balaban J connectivity index is 1.55. The average molecular weight is 458 g/mol. The lowest BCUT2D eigenvalue weighted by atomic mass is 10.0. The van der Waals surface area contributed by atoms with Crippen molar-refractivity contribution >= 4 is 29.0 Å². The fraction of sp³-hybridized carbons (Fsp3) is 0.120. The number of carboxylic acids is 1. The van der Waals surface area contributed by atoms with Gasteiger partial charge in [0.2, 0.25) is 0 Å². The van der Waals surface area contributed by atoms with Crippen LogP contribution in [-0.4, -0.2) is 38.7 Å². The van der Waals surface area contributed by atoms with Crippen LogP contribution in [0.1, 0.15) is 28.4 Å². The fourth-order valence-electron chi connectivity index (χ4n) is 3.34. The highest BCUT2D eigenvalue weighted by molar-refractivity contribution is 6.68. The summed E-state index contributed by atoms with van der Waals surface area (Å²) in [6.07, 6.45) is 0. The van der Waals surface area contributed by atoms with Gasteiger partial charge in [-0.05, 0) is 73.0 Å². The Morgan fingerprint density at radius 2 is 1.79 bits per heavy atom. The predicted molar refractivity (Wildman–Crippen MR) is 128 cm³/mol. The largest absolute Gasteiger partial charge is 0.505 e. The molecule has 0 bridgehead atoms. The molecule has 9 nitrogen and oxygen atoms in total. The number of rotatable bonds is 6. The molecule has 1 amide bonds. The van der Waals surface area contributed by atoms with Crippen molar-refractivity contribution in [2.45, 2.75) is 20.8 Å². The van der Waals surface area contributed by atoms with Crippen LogP contribution in [0.25, 0.3) is 11.1 Å². The van der Waals surface area contributed by atoms with Crippen LogP contribution in [-0.2, 0) is 4.79 Å². The summed E-state index contributed by atoms with van der Waals surface area (Å²) in [6, 6.07) is 16.6. The second kappa shape index (κ2) is 9.07. The Morgan fingerprint density at radius 3 is 2.53 bits per heavy atom. The number of phenolic OH excluding ortho intramolecular Hbond substituents is 1. The van der Waals surface area contributed by atoms with Crippen LogP contribution in [0.5, 0.6) is 11.5 Å². The number of carbonyl (C=O) groups excluding carboxylic acids is 1. The molecule has 1 heterocycles. The number of aryl methyl sites for hydroxylation is 2. The van der Waals surface area contributed by atoms with E-state index in [0.29, 0.717) is 22.6 Å². The van der Waals surface area contributed by atoms with Gasteiger partial charge in [0, 0.05) is 5.56 Å². The number of hydrogen-bond donors (Lipinski definition) is 3. The zero-order chi connectivity index (χ0) is 24.4. The highest BCUT2D eigenvalue weighted by Crippen LogP contribution is 2.35. The maximum Gasteiger partial charge on any atom is 0.335 e. The van der Waals surface area contributed by atoms with Crippen LogP contribution in [0, 0.1) is 13.8 Å². The van der Waals surface area contributed by atoms with Gasteiger partial charge in [-0.3, -0.25) is 10.2 Å². The molecule has 9 heteroatoms. The first-order chi connectivity index (χ1) is 16.2. The van der Waals surface area contributed by atoms with E-state index in [1.54, 1.807) is 43.3 Å². The Bertz CT molecular complexity index is 1360. The molecule has 1 aliphatic rings. The first-order valence-corrected chi connectivity index (χ1v) is 10.4. The van der Waals surface area contributed by atoms with Gasteiger partial charge < -0.3 is 15.1 Å². The number of aromatic hydroxyl groups is 1.